The number of nitrogens with one attached hydrogen (secondary N) is 2. The van der Waals surface area contributed by atoms with Gasteiger partial charge in [-0.05, 0) is 50.2 Å². The lowest BCUT2D eigenvalue weighted by Gasteiger charge is -2.32. The Kier molecular flexibility index (Phi) is 8.85. The van der Waals surface area contributed by atoms with Gasteiger partial charge in [-0.25, -0.2) is 14.8 Å². The van der Waals surface area contributed by atoms with E-state index >= 15 is 0 Å². The highest BCUT2D eigenvalue weighted by atomic mass is 32.1. The highest BCUT2D eigenvalue weighted by Crippen LogP contribution is 2.39. The van der Waals surface area contributed by atoms with E-state index in [-0.39, 0.29) is 17.0 Å². The highest BCUT2D eigenvalue weighted by molar-refractivity contribution is 7.13. The van der Waals surface area contributed by atoms with Gasteiger partial charge in [0.2, 0.25) is 0 Å². The molecule has 5 rings (SSSR count). The average molecular weight is 588 g/mol. The van der Waals surface area contributed by atoms with Crippen LogP contribution in [-0.4, -0.2) is 70.3 Å². The van der Waals surface area contributed by atoms with E-state index in [1.807, 2.05) is 17.9 Å². The molecule has 0 amide bonds. The fraction of sp³-hybridized carbons (Fsp3) is 0.429. The molecule has 0 saturated carbocycles. The maximum Gasteiger partial charge on any atom is 0.434 e. The quantitative estimate of drug-likeness (QED) is 0.221. The van der Waals surface area contributed by atoms with Crippen molar-refractivity contribution in [3.63, 3.8) is 0 Å². The molecule has 0 unspecified atom stereocenters. The summed E-state index contributed by atoms with van der Waals surface area (Å²) in [7, 11) is 0. The first-order valence-electron chi connectivity index (χ1n) is 13.6. The van der Waals surface area contributed by atoms with Crippen LogP contribution in [0.4, 0.5) is 24.7 Å². The topological polar surface area (TPSA) is 107 Å². The minimum absolute atomic E-state index is 0.190. The molecule has 3 N–H and O–H groups in total. The maximum absolute atomic E-state index is 13.4. The van der Waals surface area contributed by atoms with Crippen molar-refractivity contribution in [1.82, 2.24) is 25.2 Å². The van der Waals surface area contributed by atoms with Crippen LogP contribution >= 0.6 is 11.3 Å². The summed E-state index contributed by atoms with van der Waals surface area (Å²) in [6.07, 6.45) is 4.18. The minimum atomic E-state index is -4.56. The molecule has 0 aromatic carbocycles. The second-order valence-electron chi connectivity index (χ2n) is 10.0. The van der Waals surface area contributed by atoms with Gasteiger partial charge in [-0.15, -0.1) is 11.3 Å². The molecule has 218 valence electrons. The predicted molar refractivity (Wildman–Crippen MR) is 153 cm³/mol. The van der Waals surface area contributed by atoms with E-state index in [1.54, 1.807) is 24.7 Å². The molecule has 0 atom stereocenters. The van der Waals surface area contributed by atoms with E-state index in [1.165, 1.54) is 19.3 Å². The zero-order valence-corrected chi connectivity index (χ0v) is 23.5. The van der Waals surface area contributed by atoms with E-state index in [2.05, 4.69) is 30.5 Å². The Hall–Kier alpha value is -3.55. The number of hydrogen-bond donors (Lipinski definition) is 3. The molecule has 13 heteroatoms. The van der Waals surface area contributed by atoms with Gasteiger partial charge in [0.05, 0.1) is 29.8 Å². The number of aromatic nitrogens is 3. The van der Waals surface area contributed by atoms with Crippen molar-refractivity contribution in [3.05, 3.63) is 52.9 Å². The molecule has 2 aliphatic rings. The van der Waals surface area contributed by atoms with Crippen molar-refractivity contribution in [2.24, 2.45) is 0 Å². The number of halogens is 3. The first kappa shape index (κ1) is 29.0. The lowest BCUT2D eigenvalue weighted by atomic mass is 9.97. The Balaban J connectivity index is 1.49. The van der Waals surface area contributed by atoms with Crippen LogP contribution in [0.25, 0.3) is 21.8 Å². The molecule has 3 aromatic rings. The summed E-state index contributed by atoms with van der Waals surface area (Å²) in [5, 5.41) is 17.2. The van der Waals surface area contributed by atoms with Crippen molar-refractivity contribution in [2.45, 2.75) is 38.8 Å². The summed E-state index contributed by atoms with van der Waals surface area (Å²) < 4.78 is 40.1. The zero-order valence-electron chi connectivity index (χ0n) is 22.7. The monoisotopic (exact) mass is 587 g/mol. The van der Waals surface area contributed by atoms with Crippen LogP contribution in [0.1, 0.15) is 37.4 Å². The number of hydrogen-bond acceptors (Lipinski definition) is 9. The van der Waals surface area contributed by atoms with Crippen LogP contribution < -0.4 is 15.5 Å². The van der Waals surface area contributed by atoms with E-state index in [0.717, 1.165) is 54.1 Å². The number of carbonyl (C=O) groups is 1. The Bertz CT molecular complexity index is 1420. The van der Waals surface area contributed by atoms with E-state index in [0.29, 0.717) is 35.9 Å². The van der Waals surface area contributed by atoms with Gasteiger partial charge < -0.3 is 25.5 Å². The first-order chi connectivity index (χ1) is 19.7. The van der Waals surface area contributed by atoms with E-state index < -0.39 is 17.8 Å². The number of thiazole rings is 1. The molecule has 0 aliphatic carbocycles. The summed E-state index contributed by atoms with van der Waals surface area (Å²) in [6.45, 7) is 6.64. The molecule has 9 nitrogen and oxygen atoms in total. The largest absolute Gasteiger partial charge is 0.478 e. The zero-order chi connectivity index (χ0) is 29.0. The number of likely N-dealkylation sites (tertiary alicyclic amines) is 1. The number of aliphatic carboxylic acids is 1. The number of alkyl halides is 3. The second-order valence-corrected chi connectivity index (χ2v) is 10.9. The van der Waals surface area contributed by atoms with Crippen molar-refractivity contribution in [3.8, 4) is 21.8 Å². The summed E-state index contributed by atoms with van der Waals surface area (Å²) in [5.41, 5.74) is 2.36. The Morgan fingerprint density at radius 2 is 1.90 bits per heavy atom. The lowest BCUT2D eigenvalue weighted by molar-refractivity contribution is -0.140. The third-order valence-corrected chi connectivity index (χ3v) is 8.07. The first-order valence-corrected chi connectivity index (χ1v) is 14.5. The van der Waals surface area contributed by atoms with Crippen LogP contribution in [0.2, 0.25) is 0 Å². The summed E-state index contributed by atoms with van der Waals surface area (Å²) in [6, 6.07) is 3.48. The number of carboxylic acid groups (broad SMARTS) is 1. The molecule has 0 spiro atoms. The van der Waals surface area contributed by atoms with Gasteiger partial charge in [0, 0.05) is 48.4 Å². The van der Waals surface area contributed by atoms with Crippen LogP contribution in [0.15, 0.2) is 41.7 Å². The van der Waals surface area contributed by atoms with Crippen LogP contribution in [-0.2, 0) is 17.4 Å². The SMILES string of the molecule is CCNCNc1cc(-c2nc(C(F)(F)F)cs2)c(-c2cc3c(cn2)N(CCN2CCCCC2)C=C(C(=O)O)C3)cn1. The molecule has 0 radical (unpaired) electrons. The van der Waals surface area contributed by atoms with Crippen molar-refractivity contribution in [2.75, 3.05) is 49.6 Å². The number of fused-ring (bicyclic) bond motifs is 1. The molecule has 1 fully saturated rings. The number of carboxylic acids is 1. The Morgan fingerprint density at radius 3 is 2.61 bits per heavy atom. The maximum atomic E-state index is 13.4. The second kappa shape index (κ2) is 12.5. The number of anilines is 2. The van der Waals surface area contributed by atoms with Crippen molar-refractivity contribution >= 4 is 28.8 Å². The predicted octanol–water partition coefficient (Wildman–Crippen LogP) is 5.08. The van der Waals surface area contributed by atoms with Gasteiger partial charge in [-0.2, -0.15) is 13.2 Å². The third-order valence-electron chi connectivity index (χ3n) is 7.20. The Labute approximate surface area is 240 Å². The lowest BCUT2D eigenvalue weighted by Crippen LogP contribution is -2.37. The molecular formula is C28H32F3N7O2S. The van der Waals surface area contributed by atoms with Gasteiger partial charge >= 0.3 is 12.1 Å². The Morgan fingerprint density at radius 1 is 1.10 bits per heavy atom. The number of rotatable bonds is 10. The van der Waals surface area contributed by atoms with Crippen LogP contribution in [0.3, 0.4) is 0 Å². The fourth-order valence-corrected chi connectivity index (χ4v) is 5.89. The smallest absolute Gasteiger partial charge is 0.434 e. The van der Waals surface area contributed by atoms with E-state index in [4.69, 9.17) is 0 Å². The third kappa shape index (κ3) is 6.85. The molecule has 1 saturated heterocycles. The van der Waals surface area contributed by atoms with Crippen molar-refractivity contribution < 1.29 is 23.1 Å². The van der Waals surface area contributed by atoms with Crippen LogP contribution in [0.5, 0.6) is 0 Å². The molecule has 0 bridgehead atoms. The van der Waals surface area contributed by atoms with Crippen LogP contribution in [0, 0.1) is 0 Å². The van der Waals surface area contributed by atoms with Gasteiger partial charge in [-0.3, -0.25) is 4.98 Å². The number of nitrogens with zero attached hydrogens (tertiary/aromatic N) is 5. The van der Waals surface area contributed by atoms with Gasteiger partial charge in [-0.1, -0.05) is 13.3 Å². The number of piperidine rings is 1. The van der Waals surface area contributed by atoms with Crippen molar-refractivity contribution in [1.29, 1.82) is 0 Å². The van der Waals surface area contributed by atoms with E-state index in [9.17, 15) is 23.1 Å². The molecular weight excluding hydrogens is 555 g/mol. The highest BCUT2D eigenvalue weighted by Gasteiger charge is 2.34. The summed E-state index contributed by atoms with van der Waals surface area (Å²) in [5.74, 6) is -0.510. The van der Waals surface area contributed by atoms with Gasteiger partial charge in [0.1, 0.15) is 10.8 Å². The molecule has 3 aromatic heterocycles. The normalized spacial score (nSPS) is 15.9. The van der Waals surface area contributed by atoms with Gasteiger partial charge in [0.15, 0.2) is 5.69 Å². The fourth-order valence-electron chi connectivity index (χ4n) is 5.03. The average Bonchev–Trinajstić information content (AvgIpc) is 3.47. The standard InChI is InChI=1S/C28H32F3N7O2S/c1-2-32-17-35-25-12-20(26-36-24(16-41-26)28(29,30)31)21(13-34-25)22-11-18-10-19(27(39)40)15-38(23(18)14-33-22)9-8-37-6-4-3-5-7-37/h11-16,32H,2-10,17H2,1H3,(H,34,35)(H,39,40). The minimum Gasteiger partial charge on any atom is -0.478 e. The molecule has 2 aliphatic heterocycles. The molecule has 41 heavy (non-hydrogen) atoms. The summed E-state index contributed by atoms with van der Waals surface area (Å²) in [4.78, 5) is 29.3. The van der Waals surface area contributed by atoms with Gasteiger partial charge in [0.25, 0.3) is 0 Å². The summed E-state index contributed by atoms with van der Waals surface area (Å²) >= 11 is 0.899. The molecule has 5 heterocycles. The number of pyridine rings is 2.